The molecule has 0 fully saturated rings. The van der Waals surface area contributed by atoms with Gasteiger partial charge < -0.3 is 14.6 Å². The van der Waals surface area contributed by atoms with Gasteiger partial charge in [-0.2, -0.15) is 0 Å². The van der Waals surface area contributed by atoms with Gasteiger partial charge in [-0.05, 0) is 65.4 Å². The summed E-state index contributed by atoms with van der Waals surface area (Å²) >= 11 is 0. The number of para-hydroxylation sites is 1. The zero-order valence-corrected chi connectivity index (χ0v) is 21.2. The number of urea groups is 1. The average Bonchev–Trinajstić information content (AvgIpc) is 3.39. The zero-order chi connectivity index (χ0) is 26.5. The lowest BCUT2D eigenvalue weighted by Crippen LogP contribution is -2.33. The van der Waals surface area contributed by atoms with Crippen LogP contribution in [0.4, 0.5) is 16.2 Å². The van der Waals surface area contributed by atoms with Gasteiger partial charge in [-0.25, -0.2) is 4.79 Å². The number of pyridine rings is 1. The number of methoxy groups -OCH3 is 1. The number of fused-ring (bicyclic) bond motifs is 1. The van der Waals surface area contributed by atoms with E-state index in [2.05, 4.69) is 5.32 Å². The molecule has 7 heteroatoms. The van der Waals surface area contributed by atoms with Crippen LogP contribution >= 0.6 is 0 Å². The Bertz CT molecular complexity index is 1510. The van der Waals surface area contributed by atoms with Crippen molar-refractivity contribution >= 4 is 23.4 Å². The number of nitrogens with zero attached hydrogens (tertiary/aromatic N) is 2. The molecule has 7 nitrogen and oxygen atoms in total. The first-order valence-corrected chi connectivity index (χ1v) is 12.6. The molecule has 2 amide bonds. The maximum atomic E-state index is 13.2. The van der Waals surface area contributed by atoms with Gasteiger partial charge >= 0.3 is 12.0 Å². The summed E-state index contributed by atoms with van der Waals surface area (Å²) in [6, 6.07) is 26.7. The standard InChI is InChI=1S/C31H29N3O4/c1-38-29(35)17-12-22-8-10-23(11-9-22)21-33-19-4-6-27(30(33)36)24-13-15-26(16-14-24)32-31(37)34-20-18-25-5-2-3-7-28(25)34/h2-11,13-16,19H,12,17-18,20-21H2,1H3,(H,32,37). The third-order valence-electron chi connectivity index (χ3n) is 6.82. The lowest BCUT2D eigenvalue weighted by Gasteiger charge is -2.18. The molecule has 0 bridgehead atoms. The van der Waals surface area contributed by atoms with Crippen LogP contribution < -0.4 is 15.8 Å². The average molecular weight is 508 g/mol. The number of rotatable bonds is 7. The van der Waals surface area contributed by atoms with E-state index in [0.717, 1.165) is 28.8 Å². The molecular weight excluding hydrogens is 478 g/mol. The van der Waals surface area contributed by atoms with Crippen molar-refractivity contribution in [1.29, 1.82) is 0 Å². The molecule has 0 radical (unpaired) electrons. The van der Waals surface area contributed by atoms with Crippen molar-refractivity contribution < 1.29 is 14.3 Å². The summed E-state index contributed by atoms with van der Waals surface area (Å²) < 4.78 is 6.37. The number of carbonyl (C=O) groups is 2. The van der Waals surface area contributed by atoms with Crippen LogP contribution in [0.25, 0.3) is 11.1 Å². The summed E-state index contributed by atoms with van der Waals surface area (Å²) in [4.78, 5) is 39.2. The van der Waals surface area contributed by atoms with Crippen molar-refractivity contribution in [2.75, 3.05) is 23.9 Å². The Morgan fingerprint density at radius 2 is 1.63 bits per heavy atom. The number of ether oxygens (including phenoxy) is 1. The maximum absolute atomic E-state index is 13.2. The third-order valence-corrected chi connectivity index (χ3v) is 6.82. The van der Waals surface area contributed by atoms with Gasteiger partial charge in [0.25, 0.3) is 5.56 Å². The van der Waals surface area contributed by atoms with Crippen molar-refractivity contribution in [2.24, 2.45) is 0 Å². The smallest absolute Gasteiger partial charge is 0.326 e. The monoisotopic (exact) mass is 507 g/mol. The number of amides is 2. The lowest BCUT2D eigenvalue weighted by atomic mass is 10.1. The van der Waals surface area contributed by atoms with Gasteiger partial charge in [-0.15, -0.1) is 0 Å². The van der Waals surface area contributed by atoms with E-state index in [4.69, 9.17) is 4.74 Å². The molecule has 1 aliphatic rings. The minimum Gasteiger partial charge on any atom is -0.469 e. The first kappa shape index (κ1) is 25.0. The second kappa shape index (κ2) is 11.2. The summed E-state index contributed by atoms with van der Waals surface area (Å²) in [6.45, 7) is 1.10. The van der Waals surface area contributed by atoms with Gasteiger partial charge in [0.2, 0.25) is 0 Å². The van der Waals surface area contributed by atoms with Crippen molar-refractivity contribution in [3.8, 4) is 11.1 Å². The Labute approximate surface area is 221 Å². The van der Waals surface area contributed by atoms with Gasteiger partial charge in [0.1, 0.15) is 0 Å². The molecule has 1 aromatic heterocycles. The van der Waals surface area contributed by atoms with Crippen LogP contribution in [0, 0.1) is 0 Å². The highest BCUT2D eigenvalue weighted by Gasteiger charge is 2.24. The molecule has 38 heavy (non-hydrogen) atoms. The van der Waals surface area contributed by atoms with Crippen LogP contribution in [0.5, 0.6) is 0 Å². The highest BCUT2D eigenvalue weighted by Crippen LogP contribution is 2.28. The molecule has 0 spiro atoms. The van der Waals surface area contributed by atoms with E-state index in [1.165, 1.54) is 12.7 Å². The molecule has 0 saturated carbocycles. The predicted octanol–water partition coefficient (Wildman–Crippen LogP) is 5.26. The molecule has 0 aliphatic carbocycles. The molecule has 1 aliphatic heterocycles. The summed E-state index contributed by atoms with van der Waals surface area (Å²) in [5, 5.41) is 2.96. The predicted molar refractivity (Wildman–Crippen MR) is 149 cm³/mol. The van der Waals surface area contributed by atoms with Crippen LogP contribution in [0.1, 0.15) is 23.1 Å². The van der Waals surface area contributed by atoms with Crippen LogP contribution in [0.15, 0.2) is 95.9 Å². The Morgan fingerprint density at radius 3 is 2.39 bits per heavy atom. The van der Waals surface area contributed by atoms with E-state index in [1.54, 1.807) is 15.7 Å². The second-order valence-corrected chi connectivity index (χ2v) is 9.29. The minimum atomic E-state index is -0.231. The molecule has 192 valence electrons. The number of aromatic nitrogens is 1. The number of carbonyl (C=O) groups excluding carboxylic acids is 2. The number of hydrogen-bond acceptors (Lipinski definition) is 4. The highest BCUT2D eigenvalue weighted by molar-refractivity contribution is 6.03. The normalized spacial score (nSPS) is 12.2. The van der Waals surface area contributed by atoms with Crippen LogP contribution in [0.3, 0.4) is 0 Å². The first-order valence-electron chi connectivity index (χ1n) is 12.6. The van der Waals surface area contributed by atoms with Crippen LogP contribution in [-0.2, 0) is 28.9 Å². The maximum Gasteiger partial charge on any atom is 0.326 e. The fourth-order valence-electron chi connectivity index (χ4n) is 4.71. The van der Waals surface area contributed by atoms with E-state index < -0.39 is 0 Å². The number of benzene rings is 3. The van der Waals surface area contributed by atoms with Crippen LogP contribution in [-0.4, -0.2) is 30.2 Å². The molecule has 2 heterocycles. The lowest BCUT2D eigenvalue weighted by molar-refractivity contribution is -0.140. The fraction of sp³-hybridized carbons (Fsp3) is 0.194. The summed E-state index contributed by atoms with van der Waals surface area (Å²) in [6.07, 6.45) is 3.58. The minimum absolute atomic E-state index is 0.0901. The first-order chi connectivity index (χ1) is 18.5. The largest absolute Gasteiger partial charge is 0.469 e. The summed E-state index contributed by atoms with van der Waals surface area (Å²) in [7, 11) is 1.39. The number of aryl methyl sites for hydroxylation is 1. The van der Waals surface area contributed by atoms with Crippen molar-refractivity contribution in [3.63, 3.8) is 0 Å². The molecule has 0 atom stereocenters. The van der Waals surface area contributed by atoms with E-state index in [9.17, 15) is 14.4 Å². The zero-order valence-electron chi connectivity index (χ0n) is 21.2. The molecule has 5 rings (SSSR count). The fourth-order valence-corrected chi connectivity index (χ4v) is 4.71. The van der Waals surface area contributed by atoms with E-state index >= 15 is 0 Å². The second-order valence-electron chi connectivity index (χ2n) is 9.29. The Morgan fingerprint density at radius 1 is 0.895 bits per heavy atom. The summed E-state index contributed by atoms with van der Waals surface area (Å²) in [5.74, 6) is -0.231. The number of anilines is 2. The highest BCUT2D eigenvalue weighted by atomic mass is 16.5. The van der Waals surface area contributed by atoms with Gasteiger partial charge in [0, 0.05) is 36.1 Å². The van der Waals surface area contributed by atoms with Crippen molar-refractivity contribution in [1.82, 2.24) is 4.57 Å². The summed E-state index contributed by atoms with van der Waals surface area (Å²) in [5.41, 5.74) is 6.11. The van der Waals surface area contributed by atoms with Gasteiger partial charge in [-0.3, -0.25) is 14.5 Å². The molecule has 0 unspecified atom stereocenters. The van der Waals surface area contributed by atoms with Crippen molar-refractivity contribution in [2.45, 2.75) is 25.8 Å². The van der Waals surface area contributed by atoms with Gasteiger partial charge in [-0.1, -0.05) is 54.6 Å². The Kier molecular flexibility index (Phi) is 7.35. The molecular formula is C31H29N3O4. The molecule has 3 aromatic carbocycles. The topological polar surface area (TPSA) is 80.6 Å². The van der Waals surface area contributed by atoms with E-state index in [0.29, 0.717) is 37.2 Å². The molecule has 0 saturated heterocycles. The Balaban J connectivity index is 1.25. The SMILES string of the molecule is COC(=O)CCc1ccc(Cn2cccc(-c3ccc(NC(=O)N4CCc5ccccc54)cc3)c2=O)cc1. The van der Waals surface area contributed by atoms with Gasteiger partial charge in [0.05, 0.1) is 13.7 Å². The number of hydrogen-bond donors (Lipinski definition) is 1. The quantitative estimate of drug-likeness (QED) is 0.346. The molecule has 1 N–H and O–H groups in total. The van der Waals surface area contributed by atoms with Crippen LogP contribution in [0.2, 0.25) is 0 Å². The number of esters is 1. The Hall–Kier alpha value is -4.65. The third kappa shape index (κ3) is 5.52. The molecule has 4 aromatic rings. The van der Waals surface area contributed by atoms with E-state index in [1.807, 2.05) is 84.9 Å². The van der Waals surface area contributed by atoms with Gasteiger partial charge in [0.15, 0.2) is 0 Å². The van der Waals surface area contributed by atoms with Crippen molar-refractivity contribution in [3.05, 3.63) is 118 Å². The number of nitrogens with one attached hydrogen (secondary N) is 1. The van der Waals surface area contributed by atoms with E-state index in [-0.39, 0.29) is 17.6 Å².